The largest absolute Gasteiger partial charge is 0.450 e. The molecule has 3 heterocycles. The van der Waals surface area contributed by atoms with E-state index in [0.717, 1.165) is 37.3 Å². The molecule has 1 aromatic heterocycles. The maximum Gasteiger partial charge on any atom is 0.409 e. The van der Waals surface area contributed by atoms with Gasteiger partial charge in [-0.3, -0.25) is 4.79 Å². The van der Waals surface area contributed by atoms with Crippen molar-refractivity contribution in [3.63, 3.8) is 0 Å². The lowest BCUT2D eigenvalue weighted by Gasteiger charge is -2.38. The number of benzene rings is 1. The number of piperidine rings is 1. The predicted molar refractivity (Wildman–Crippen MR) is 118 cm³/mol. The lowest BCUT2D eigenvalue weighted by atomic mass is 9.95. The molecule has 2 amide bonds. The minimum absolute atomic E-state index is 0.00755. The summed E-state index contributed by atoms with van der Waals surface area (Å²) in [4.78, 5) is 30.4. The molecule has 0 N–H and O–H groups in total. The topological polar surface area (TPSA) is 78.9 Å². The van der Waals surface area contributed by atoms with Gasteiger partial charge in [0.1, 0.15) is 5.82 Å². The van der Waals surface area contributed by atoms with Crippen molar-refractivity contribution in [3.05, 3.63) is 42.2 Å². The Morgan fingerprint density at radius 3 is 2.19 bits per heavy atom. The van der Waals surface area contributed by atoms with Gasteiger partial charge in [0.05, 0.1) is 12.3 Å². The third-order valence-corrected chi connectivity index (χ3v) is 6.08. The van der Waals surface area contributed by atoms with E-state index in [1.54, 1.807) is 24.0 Å². The number of nitrogens with zero attached hydrogens (tertiary/aromatic N) is 5. The molecule has 4 rings (SSSR count). The molecule has 0 atom stereocenters. The van der Waals surface area contributed by atoms with Crippen LogP contribution in [-0.4, -0.2) is 77.9 Å². The molecule has 2 fully saturated rings. The van der Waals surface area contributed by atoms with E-state index in [1.807, 2.05) is 17.0 Å². The summed E-state index contributed by atoms with van der Waals surface area (Å²) in [7, 11) is 0. The Balaban J connectivity index is 1.27. The lowest BCUT2D eigenvalue weighted by Crippen LogP contribution is -2.53. The van der Waals surface area contributed by atoms with E-state index in [-0.39, 0.29) is 23.7 Å². The Kier molecular flexibility index (Phi) is 6.82. The second-order valence-electron chi connectivity index (χ2n) is 8.06. The van der Waals surface area contributed by atoms with Gasteiger partial charge in [0.2, 0.25) is 5.91 Å². The van der Waals surface area contributed by atoms with Crippen LogP contribution in [0.25, 0.3) is 11.3 Å². The molecule has 170 valence electrons. The number of aromatic nitrogens is 2. The van der Waals surface area contributed by atoms with Gasteiger partial charge in [0.15, 0.2) is 5.82 Å². The number of anilines is 1. The predicted octanol–water partition coefficient (Wildman–Crippen LogP) is 2.80. The maximum atomic E-state index is 13.1. The van der Waals surface area contributed by atoms with Gasteiger partial charge in [-0.15, -0.1) is 10.2 Å². The van der Waals surface area contributed by atoms with Crippen LogP contribution < -0.4 is 4.90 Å². The number of rotatable bonds is 4. The second-order valence-corrected chi connectivity index (χ2v) is 8.06. The summed E-state index contributed by atoms with van der Waals surface area (Å²) < 4.78 is 18.1. The van der Waals surface area contributed by atoms with Crippen molar-refractivity contribution in [1.82, 2.24) is 20.0 Å². The zero-order chi connectivity index (χ0) is 22.5. The average molecular weight is 442 g/mol. The van der Waals surface area contributed by atoms with Gasteiger partial charge in [-0.25, -0.2) is 9.18 Å². The molecular formula is C23H28FN5O3. The molecular weight excluding hydrogens is 413 g/mol. The van der Waals surface area contributed by atoms with Crippen molar-refractivity contribution in [2.75, 3.05) is 50.8 Å². The number of hydrogen-bond donors (Lipinski definition) is 0. The number of hydrogen-bond acceptors (Lipinski definition) is 6. The minimum atomic E-state index is -0.306. The Bertz CT molecular complexity index is 922. The fourth-order valence-electron chi connectivity index (χ4n) is 4.21. The maximum absolute atomic E-state index is 13.1. The molecule has 0 spiro atoms. The van der Waals surface area contributed by atoms with Crippen molar-refractivity contribution >= 4 is 17.8 Å². The van der Waals surface area contributed by atoms with E-state index in [9.17, 15) is 14.0 Å². The zero-order valence-electron chi connectivity index (χ0n) is 18.2. The molecule has 0 unspecified atom stereocenters. The van der Waals surface area contributed by atoms with Crippen LogP contribution in [0, 0.1) is 11.7 Å². The smallest absolute Gasteiger partial charge is 0.409 e. The molecule has 9 heteroatoms. The van der Waals surface area contributed by atoms with Crippen molar-refractivity contribution in [2.24, 2.45) is 5.92 Å². The minimum Gasteiger partial charge on any atom is -0.450 e. The van der Waals surface area contributed by atoms with Crippen LogP contribution in [0.15, 0.2) is 36.4 Å². The van der Waals surface area contributed by atoms with Crippen LogP contribution in [0.3, 0.4) is 0 Å². The van der Waals surface area contributed by atoms with E-state index < -0.39 is 0 Å². The standard InChI is InChI=1S/C23H28FN5O3/c1-2-32-23(31)29-15-13-28(14-16-29)22(30)18-9-11-27(12-10-18)21-8-7-20(25-26-21)17-3-5-19(24)6-4-17/h3-8,18H,2,9-16H2,1H3. The van der Waals surface area contributed by atoms with Crippen LogP contribution >= 0.6 is 0 Å². The van der Waals surface area contributed by atoms with Crippen molar-refractivity contribution < 1.29 is 18.7 Å². The normalized spacial score (nSPS) is 17.4. The molecule has 0 aliphatic carbocycles. The first kappa shape index (κ1) is 22.0. The molecule has 2 saturated heterocycles. The first-order chi connectivity index (χ1) is 15.5. The SMILES string of the molecule is CCOC(=O)N1CCN(C(=O)C2CCN(c3ccc(-c4ccc(F)cc4)nn3)CC2)CC1. The molecule has 0 saturated carbocycles. The Morgan fingerprint density at radius 2 is 1.59 bits per heavy atom. The summed E-state index contributed by atoms with van der Waals surface area (Å²) in [5.74, 6) is 0.666. The first-order valence-electron chi connectivity index (χ1n) is 11.1. The van der Waals surface area contributed by atoms with Gasteiger partial charge in [-0.1, -0.05) is 0 Å². The van der Waals surface area contributed by atoms with Gasteiger partial charge in [-0.05, 0) is 56.2 Å². The molecule has 2 aromatic rings. The zero-order valence-corrected chi connectivity index (χ0v) is 18.2. The number of piperazine rings is 1. The summed E-state index contributed by atoms with van der Waals surface area (Å²) in [6.07, 6.45) is 1.22. The van der Waals surface area contributed by atoms with Gasteiger partial charge in [0, 0.05) is 50.7 Å². The number of carbonyl (C=O) groups excluding carboxylic acids is 2. The monoisotopic (exact) mass is 441 g/mol. The van der Waals surface area contributed by atoms with Crippen LogP contribution in [0.5, 0.6) is 0 Å². The summed E-state index contributed by atoms with van der Waals surface area (Å²) >= 11 is 0. The van der Waals surface area contributed by atoms with E-state index in [0.29, 0.717) is 38.5 Å². The summed E-state index contributed by atoms with van der Waals surface area (Å²) in [5.41, 5.74) is 1.51. The van der Waals surface area contributed by atoms with Crippen molar-refractivity contribution in [2.45, 2.75) is 19.8 Å². The highest BCUT2D eigenvalue weighted by atomic mass is 19.1. The molecule has 32 heavy (non-hydrogen) atoms. The third-order valence-electron chi connectivity index (χ3n) is 6.08. The first-order valence-corrected chi connectivity index (χ1v) is 11.1. The van der Waals surface area contributed by atoms with E-state index in [1.165, 1.54) is 12.1 Å². The number of amides is 2. The number of halogens is 1. The van der Waals surface area contributed by atoms with E-state index >= 15 is 0 Å². The molecule has 8 nitrogen and oxygen atoms in total. The summed E-state index contributed by atoms with van der Waals surface area (Å²) in [6, 6.07) is 9.98. The molecule has 2 aliphatic heterocycles. The van der Waals surface area contributed by atoms with Gasteiger partial charge in [-0.2, -0.15) is 0 Å². The van der Waals surface area contributed by atoms with Crippen LogP contribution in [0.4, 0.5) is 15.0 Å². The summed E-state index contributed by atoms with van der Waals surface area (Å²) in [6.45, 7) is 5.75. The van der Waals surface area contributed by atoms with Crippen LogP contribution in [0.1, 0.15) is 19.8 Å². The average Bonchev–Trinajstić information content (AvgIpc) is 2.84. The second kappa shape index (κ2) is 9.93. The van der Waals surface area contributed by atoms with Crippen LogP contribution in [-0.2, 0) is 9.53 Å². The molecule has 0 bridgehead atoms. The number of carbonyl (C=O) groups is 2. The highest BCUT2D eigenvalue weighted by molar-refractivity contribution is 5.79. The highest BCUT2D eigenvalue weighted by Gasteiger charge is 2.32. The number of ether oxygens (including phenoxy) is 1. The summed E-state index contributed by atoms with van der Waals surface area (Å²) in [5, 5.41) is 8.62. The van der Waals surface area contributed by atoms with Gasteiger partial charge >= 0.3 is 6.09 Å². The van der Waals surface area contributed by atoms with E-state index in [2.05, 4.69) is 15.1 Å². The highest BCUT2D eigenvalue weighted by Crippen LogP contribution is 2.25. The molecule has 1 aromatic carbocycles. The fourth-order valence-corrected chi connectivity index (χ4v) is 4.21. The quantitative estimate of drug-likeness (QED) is 0.726. The van der Waals surface area contributed by atoms with Crippen molar-refractivity contribution in [3.8, 4) is 11.3 Å². The molecule has 2 aliphatic rings. The van der Waals surface area contributed by atoms with Gasteiger partial charge < -0.3 is 19.4 Å². The lowest BCUT2D eigenvalue weighted by molar-refractivity contribution is -0.137. The van der Waals surface area contributed by atoms with Crippen molar-refractivity contribution in [1.29, 1.82) is 0 Å². The van der Waals surface area contributed by atoms with Gasteiger partial charge in [0.25, 0.3) is 0 Å². The fraction of sp³-hybridized carbons (Fsp3) is 0.478. The van der Waals surface area contributed by atoms with Crippen LogP contribution in [0.2, 0.25) is 0 Å². The Morgan fingerprint density at radius 1 is 0.938 bits per heavy atom. The Hall–Kier alpha value is -3.23. The Labute approximate surface area is 187 Å². The van der Waals surface area contributed by atoms with E-state index in [4.69, 9.17) is 4.74 Å². The third kappa shape index (κ3) is 4.98. The molecule has 0 radical (unpaired) electrons.